The Bertz CT molecular complexity index is 592. The van der Waals surface area contributed by atoms with Crippen molar-refractivity contribution in [2.45, 2.75) is 31.3 Å². The molecule has 8 nitrogen and oxygen atoms in total. The van der Waals surface area contributed by atoms with Crippen LogP contribution in [0.25, 0.3) is 0 Å². The van der Waals surface area contributed by atoms with E-state index in [9.17, 15) is 0 Å². The monoisotopic (exact) mass is 310 g/mol. The molecule has 2 aromatic heterocycles. The maximum atomic E-state index is 5.38. The molecule has 1 aliphatic rings. The lowest BCUT2D eigenvalue weighted by molar-refractivity contribution is 0.121. The molecule has 0 N–H and O–H groups in total. The van der Waals surface area contributed by atoms with Gasteiger partial charge < -0.3 is 14.2 Å². The fourth-order valence-corrected chi connectivity index (χ4v) is 3.02. The van der Waals surface area contributed by atoms with Gasteiger partial charge in [0.2, 0.25) is 11.8 Å². The Morgan fingerprint density at radius 2 is 2.05 bits per heavy atom. The largest absolute Gasteiger partial charge is 0.378 e. The molecule has 2 aromatic rings. The highest BCUT2D eigenvalue weighted by atomic mass is 32.2. The summed E-state index contributed by atoms with van der Waals surface area (Å²) in [5.74, 6) is 2.76. The number of nitrogens with zero attached hydrogens (tertiary/aromatic N) is 6. The van der Waals surface area contributed by atoms with E-state index < -0.39 is 0 Å². The summed E-state index contributed by atoms with van der Waals surface area (Å²) in [6.07, 6.45) is 0. The lowest BCUT2D eigenvalue weighted by Crippen LogP contribution is -2.38. The molecule has 0 unspecified atom stereocenters. The summed E-state index contributed by atoms with van der Waals surface area (Å²) < 4.78 is 12.6. The number of hydrogen-bond acceptors (Lipinski definition) is 8. The molecule has 0 spiro atoms. The maximum Gasteiger partial charge on any atom is 0.237 e. The van der Waals surface area contributed by atoms with Gasteiger partial charge in [-0.15, -0.1) is 10.2 Å². The first-order valence-electron chi connectivity index (χ1n) is 6.96. The van der Waals surface area contributed by atoms with Crippen molar-refractivity contribution in [3.8, 4) is 0 Å². The Kier molecular flexibility index (Phi) is 4.39. The molecule has 114 valence electrons. The van der Waals surface area contributed by atoms with Gasteiger partial charge in [-0.2, -0.15) is 4.98 Å². The number of thioether (sulfide) groups is 1. The second-order valence-corrected chi connectivity index (χ2v) is 5.59. The van der Waals surface area contributed by atoms with Crippen molar-refractivity contribution in [2.75, 3.05) is 31.2 Å². The number of morpholine rings is 1. The molecule has 1 fully saturated rings. The lowest BCUT2D eigenvalue weighted by atomic mass is 10.4. The fourth-order valence-electron chi connectivity index (χ4n) is 2.19. The molecule has 3 rings (SSSR count). The van der Waals surface area contributed by atoms with Crippen LogP contribution in [0.15, 0.2) is 9.68 Å². The summed E-state index contributed by atoms with van der Waals surface area (Å²) in [5.41, 5.74) is 0. The third kappa shape index (κ3) is 3.18. The van der Waals surface area contributed by atoms with Crippen molar-refractivity contribution in [1.82, 2.24) is 24.9 Å². The summed E-state index contributed by atoms with van der Waals surface area (Å²) in [6, 6.07) is 0. The van der Waals surface area contributed by atoms with Gasteiger partial charge in [0.1, 0.15) is 0 Å². The van der Waals surface area contributed by atoms with Crippen LogP contribution in [0, 0.1) is 6.92 Å². The van der Waals surface area contributed by atoms with Crippen molar-refractivity contribution in [3.63, 3.8) is 0 Å². The first-order chi connectivity index (χ1) is 10.3. The maximum absolute atomic E-state index is 5.38. The second kappa shape index (κ2) is 6.44. The van der Waals surface area contributed by atoms with E-state index >= 15 is 0 Å². The van der Waals surface area contributed by atoms with E-state index in [-0.39, 0.29) is 0 Å². The SMILES string of the molecule is CCn1c(SCc2nc(C)no2)nnc1N1CCOCC1. The van der Waals surface area contributed by atoms with Crippen molar-refractivity contribution >= 4 is 17.7 Å². The molecule has 1 aliphatic heterocycles. The second-order valence-electron chi connectivity index (χ2n) is 4.65. The molecule has 0 aromatic carbocycles. The van der Waals surface area contributed by atoms with Crippen LogP contribution in [0.1, 0.15) is 18.6 Å². The van der Waals surface area contributed by atoms with Gasteiger partial charge in [0, 0.05) is 19.6 Å². The third-order valence-corrected chi connectivity index (χ3v) is 4.15. The number of aromatic nitrogens is 5. The number of aryl methyl sites for hydroxylation is 1. The Morgan fingerprint density at radius 3 is 2.71 bits per heavy atom. The van der Waals surface area contributed by atoms with E-state index in [4.69, 9.17) is 9.26 Å². The van der Waals surface area contributed by atoms with Crippen LogP contribution in [-0.2, 0) is 17.0 Å². The summed E-state index contributed by atoms with van der Waals surface area (Å²) in [4.78, 5) is 6.40. The third-order valence-electron chi connectivity index (χ3n) is 3.20. The quantitative estimate of drug-likeness (QED) is 0.760. The van der Waals surface area contributed by atoms with E-state index in [2.05, 4.69) is 36.7 Å². The Hall–Kier alpha value is -1.61. The van der Waals surface area contributed by atoms with Crippen LogP contribution in [0.5, 0.6) is 0 Å². The minimum absolute atomic E-state index is 0.599. The summed E-state index contributed by atoms with van der Waals surface area (Å²) >= 11 is 1.56. The predicted octanol–water partition coefficient (Wildman–Crippen LogP) is 1.12. The fraction of sp³-hybridized carbons (Fsp3) is 0.667. The van der Waals surface area contributed by atoms with Gasteiger partial charge in [-0.25, -0.2) is 0 Å². The molecule has 1 saturated heterocycles. The van der Waals surface area contributed by atoms with Gasteiger partial charge >= 0.3 is 0 Å². The van der Waals surface area contributed by atoms with E-state index in [1.807, 2.05) is 6.92 Å². The van der Waals surface area contributed by atoms with E-state index in [1.54, 1.807) is 11.8 Å². The molecule has 0 amide bonds. The summed E-state index contributed by atoms with van der Waals surface area (Å²) in [6.45, 7) is 7.90. The predicted molar refractivity (Wildman–Crippen MR) is 77.3 cm³/mol. The molecule has 9 heteroatoms. The zero-order valence-corrected chi connectivity index (χ0v) is 13.0. The van der Waals surface area contributed by atoms with Crippen LogP contribution in [0.4, 0.5) is 5.95 Å². The van der Waals surface area contributed by atoms with Gasteiger partial charge in [-0.1, -0.05) is 16.9 Å². The van der Waals surface area contributed by atoms with Gasteiger partial charge in [-0.3, -0.25) is 4.57 Å². The van der Waals surface area contributed by atoms with E-state index in [1.165, 1.54) is 0 Å². The van der Waals surface area contributed by atoms with Crippen molar-refractivity contribution in [2.24, 2.45) is 0 Å². The van der Waals surface area contributed by atoms with Crippen LogP contribution in [-0.4, -0.2) is 51.2 Å². The highest BCUT2D eigenvalue weighted by Crippen LogP contribution is 2.25. The first kappa shape index (κ1) is 14.3. The summed E-state index contributed by atoms with van der Waals surface area (Å²) in [5, 5.41) is 13.3. The smallest absolute Gasteiger partial charge is 0.237 e. The molecular weight excluding hydrogens is 292 g/mol. The Morgan fingerprint density at radius 1 is 1.24 bits per heavy atom. The van der Waals surface area contributed by atoms with Crippen molar-refractivity contribution < 1.29 is 9.26 Å². The van der Waals surface area contributed by atoms with Crippen molar-refractivity contribution in [3.05, 3.63) is 11.7 Å². The highest BCUT2D eigenvalue weighted by molar-refractivity contribution is 7.98. The van der Waals surface area contributed by atoms with Gasteiger partial charge in [0.05, 0.1) is 19.0 Å². The average Bonchev–Trinajstić information content (AvgIpc) is 3.11. The topological polar surface area (TPSA) is 82.1 Å². The zero-order chi connectivity index (χ0) is 14.7. The number of ether oxygens (including phenoxy) is 1. The molecule has 0 bridgehead atoms. The molecule has 3 heterocycles. The minimum Gasteiger partial charge on any atom is -0.378 e. The number of rotatable bonds is 5. The molecule has 0 aliphatic carbocycles. The first-order valence-corrected chi connectivity index (χ1v) is 7.94. The average molecular weight is 310 g/mol. The van der Waals surface area contributed by atoms with E-state index in [0.29, 0.717) is 17.5 Å². The van der Waals surface area contributed by atoms with Crippen LogP contribution in [0.2, 0.25) is 0 Å². The molecule has 21 heavy (non-hydrogen) atoms. The Labute approximate surface area is 126 Å². The minimum atomic E-state index is 0.599. The van der Waals surface area contributed by atoms with Crippen LogP contribution in [0.3, 0.4) is 0 Å². The van der Waals surface area contributed by atoms with E-state index in [0.717, 1.165) is 44.0 Å². The highest BCUT2D eigenvalue weighted by Gasteiger charge is 2.20. The zero-order valence-electron chi connectivity index (χ0n) is 12.2. The number of anilines is 1. The number of hydrogen-bond donors (Lipinski definition) is 0. The van der Waals surface area contributed by atoms with Crippen LogP contribution < -0.4 is 4.90 Å². The van der Waals surface area contributed by atoms with Crippen LogP contribution >= 0.6 is 11.8 Å². The molecule has 0 radical (unpaired) electrons. The summed E-state index contributed by atoms with van der Waals surface area (Å²) in [7, 11) is 0. The lowest BCUT2D eigenvalue weighted by Gasteiger charge is -2.27. The van der Waals surface area contributed by atoms with Crippen molar-refractivity contribution in [1.29, 1.82) is 0 Å². The molecular formula is C12H18N6O2S. The van der Waals surface area contributed by atoms with Gasteiger partial charge in [-0.05, 0) is 13.8 Å². The Balaban J connectivity index is 1.71. The van der Waals surface area contributed by atoms with Gasteiger partial charge in [0.15, 0.2) is 11.0 Å². The molecule has 0 atom stereocenters. The standard InChI is InChI=1S/C12H18N6O2S/c1-3-18-11(17-4-6-19-7-5-17)14-15-12(18)21-8-10-13-9(2)16-20-10/h3-8H2,1-2H3. The molecule has 0 saturated carbocycles. The van der Waals surface area contributed by atoms with Gasteiger partial charge in [0.25, 0.3) is 0 Å². The normalized spacial score (nSPS) is 15.6.